The van der Waals surface area contributed by atoms with Gasteiger partial charge in [-0.3, -0.25) is 4.79 Å². The third-order valence-electron chi connectivity index (χ3n) is 3.65. The van der Waals surface area contributed by atoms with Gasteiger partial charge in [0.1, 0.15) is 0 Å². The first-order chi connectivity index (χ1) is 6.12. The van der Waals surface area contributed by atoms with Gasteiger partial charge in [-0.15, -0.1) is 0 Å². The molecule has 1 amide bonds. The van der Waals surface area contributed by atoms with Crippen LogP contribution >= 0.6 is 0 Å². The van der Waals surface area contributed by atoms with Gasteiger partial charge < -0.3 is 10.6 Å². The second kappa shape index (κ2) is 2.98. The molecule has 0 spiro atoms. The summed E-state index contributed by atoms with van der Waals surface area (Å²) in [4.78, 5) is 11.1. The van der Waals surface area contributed by atoms with Gasteiger partial charge in [-0.1, -0.05) is 0 Å². The topological polar surface area (TPSA) is 41.1 Å². The number of fused-ring (bicyclic) bond motifs is 1. The van der Waals surface area contributed by atoms with E-state index in [1.54, 1.807) is 6.92 Å². The van der Waals surface area contributed by atoms with Crippen LogP contribution in [0.25, 0.3) is 0 Å². The van der Waals surface area contributed by atoms with E-state index in [1.807, 2.05) is 0 Å². The van der Waals surface area contributed by atoms with E-state index in [1.165, 1.54) is 6.42 Å². The second-order valence-electron chi connectivity index (χ2n) is 4.66. The Hall–Kier alpha value is -0.570. The molecule has 2 aliphatic rings. The fourth-order valence-corrected chi connectivity index (χ4v) is 3.01. The summed E-state index contributed by atoms with van der Waals surface area (Å²) in [6.07, 6.45) is 2.40. The summed E-state index contributed by atoms with van der Waals surface area (Å²) >= 11 is 0. The normalized spacial score (nSPS) is 43.2. The van der Waals surface area contributed by atoms with Gasteiger partial charge in [-0.05, 0) is 38.1 Å². The first-order valence-electron chi connectivity index (χ1n) is 5.11. The van der Waals surface area contributed by atoms with Gasteiger partial charge in [0.2, 0.25) is 5.91 Å². The number of hydrogen-bond acceptors (Lipinski definition) is 2. The molecule has 0 radical (unpaired) electrons. The van der Waals surface area contributed by atoms with Crippen molar-refractivity contribution in [3.8, 4) is 0 Å². The van der Waals surface area contributed by atoms with Gasteiger partial charge >= 0.3 is 0 Å². The molecule has 1 heterocycles. The SMILES string of the molecule is CC(=O)N[C@]1(C)CC[C@@H]2CNC[C@@H]21. The van der Waals surface area contributed by atoms with E-state index in [0.717, 1.165) is 25.4 Å². The Morgan fingerprint density at radius 2 is 2.31 bits per heavy atom. The van der Waals surface area contributed by atoms with Crippen LogP contribution in [0.5, 0.6) is 0 Å². The third kappa shape index (κ3) is 1.46. The molecular formula is C10H18N2O. The fourth-order valence-electron chi connectivity index (χ4n) is 3.01. The Kier molecular flexibility index (Phi) is 2.06. The highest BCUT2D eigenvalue weighted by Gasteiger charge is 2.47. The van der Waals surface area contributed by atoms with Gasteiger partial charge in [-0.25, -0.2) is 0 Å². The van der Waals surface area contributed by atoms with Crippen molar-refractivity contribution in [1.29, 1.82) is 0 Å². The number of nitrogens with one attached hydrogen (secondary N) is 2. The minimum Gasteiger partial charge on any atom is -0.351 e. The predicted octanol–water partition coefficient (Wildman–Crippen LogP) is 0.511. The summed E-state index contributed by atoms with van der Waals surface area (Å²) in [5.74, 6) is 1.54. The van der Waals surface area contributed by atoms with Crippen LogP contribution in [0.15, 0.2) is 0 Å². The third-order valence-corrected chi connectivity index (χ3v) is 3.65. The van der Waals surface area contributed by atoms with E-state index >= 15 is 0 Å². The maximum atomic E-state index is 11.1. The van der Waals surface area contributed by atoms with E-state index in [2.05, 4.69) is 17.6 Å². The average Bonchev–Trinajstić information content (AvgIpc) is 2.54. The van der Waals surface area contributed by atoms with Crippen LogP contribution in [0.1, 0.15) is 26.7 Å². The lowest BCUT2D eigenvalue weighted by molar-refractivity contribution is -0.121. The second-order valence-corrected chi connectivity index (χ2v) is 4.66. The molecule has 0 unspecified atom stereocenters. The van der Waals surface area contributed by atoms with Gasteiger partial charge in [0.05, 0.1) is 0 Å². The van der Waals surface area contributed by atoms with Crippen molar-refractivity contribution in [3.05, 3.63) is 0 Å². The van der Waals surface area contributed by atoms with Crippen molar-refractivity contribution in [2.75, 3.05) is 13.1 Å². The van der Waals surface area contributed by atoms with Crippen LogP contribution in [-0.2, 0) is 4.79 Å². The van der Waals surface area contributed by atoms with Crippen molar-refractivity contribution in [2.24, 2.45) is 11.8 Å². The van der Waals surface area contributed by atoms with Crippen molar-refractivity contribution in [3.63, 3.8) is 0 Å². The number of carbonyl (C=O) groups excluding carboxylic acids is 1. The molecule has 0 aromatic heterocycles. The Morgan fingerprint density at radius 1 is 1.54 bits per heavy atom. The van der Waals surface area contributed by atoms with E-state index in [-0.39, 0.29) is 11.4 Å². The molecular weight excluding hydrogens is 164 g/mol. The molecule has 1 aliphatic carbocycles. The average molecular weight is 182 g/mol. The summed E-state index contributed by atoms with van der Waals surface area (Å²) in [5.41, 5.74) is 0.0556. The number of carbonyl (C=O) groups is 1. The zero-order valence-electron chi connectivity index (χ0n) is 8.39. The maximum Gasteiger partial charge on any atom is 0.217 e. The molecule has 74 valence electrons. The largest absolute Gasteiger partial charge is 0.351 e. The summed E-state index contributed by atoms with van der Waals surface area (Å²) in [7, 11) is 0. The monoisotopic (exact) mass is 182 g/mol. The molecule has 2 N–H and O–H groups in total. The van der Waals surface area contributed by atoms with Crippen molar-refractivity contribution in [1.82, 2.24) is 10.6 Å². The number of amides is 1. The molecule has 0 bridgehead atoms. The van der Waals surface area contributed by atoms with Crippen LogP contribution in [0.2, 0.25) is 0 Å². The van der Waals surface area contributed by atoms with Crippen LogP contribution in [0, 0.1) is 11.8 Å². The molecule has 2 fully saturated rings. The van der Waals surface area contributed by atoms with Gasteiger partial charge in [-0.2, -0.15) is 0 Å². The molecule has 3 atom stereocenters. The summed E-state index contributed by atoms with van der Waals surface area (Å²) < 4.78 is 0. The molecule has 0 aromatic rings. The first kappa shape index (κ1) is 9.00. The van der Waals surface area contributed by atoms with Gasteiger partial charge in [0, 0.05) is 19.0 Å². The van der Waals surface area contributed by atoms with E-state index < -0.39 is 0 Å². The fraction of sp³-hybridized carbons (Fsp3) is 0.900. The minimum absolute atomic E-state index is 0.0556. The number of rotatable bonds is 1. The molecule has 2 rings (SSSR count). The Morgan fingerprint density at radius 3 is 3.00 bits per heavy atom. The highest BCUT2D eigenvalue weighted by molar-refractivity contribution is 5.73. The molecule has 0 aromatic carbocycles. The highest BCUT2D eigenvalue weighted by atomic mass is 16.1. The van der Waals surface area contributed by atoms with Gasteiger partial charge in [0.15, 0.2) is 0 Å². The molecule has 1 saturated carbocycles. The van der Waals surface area contributed by atoms with Crippen LogP contribution in [0.4, 0.5) is 0 Å². The first-order valence-corrected chi connectivity index (χ1v) is 5.11. The maximum absolute atomic E-state index is 11.1. The smallest absolute Gasteiger partial charge is 0.217 e. The van der Waals surface area contributed by atoms with E-state index in [4.69, 9.17) is 0 Å². The van der Waals surface area contributed by atoms with Crippen molar-refractivity contribution < 1.29 is 4.79 Å². The minimum atomic E-state index is 0.0556. The Labute approximate surface area is 79.3 Å². The van der Waals surface area contributed by atoms with Crippen molar-refractivity contribution in [2.45, 2.75) is 32.2 Å². The standard InChI is InChI=1S/C10H18N2O/c1-7(13)12-10(2)4-3-8-5-11-6-9(8)10/h8-9,11H,3-6H2,1-2H3,(H,12,13)/t8-,9+,10-/m1/s1. The number of hydrogen-bond donors (Lipinski definition) is 2. The summed E-state index contributed by atoms with van der Waals surface area (Å²) in [5, 5.41) is 6.51. The molecule has 3 nitrogen and oxygen atoms in total. The lowest BCUT2D eigenvalue weighted by atomic mass is 9.86. The lowest BCUT2D eigenvalue weighted by Crippen LogP contribution is -2.49. The molecule has 1 aliphatic heterocycles. The summed E-state index contributed by atoms with van der Waals surface area (Å²) in [6.45, 7) is 6.01. The predicted molar refractivity (Wildman–Crippen MR) is 51.3 cm³/mol. The van der Waals surface area contributed by atoms with Gasteiger partial charge in [0.25, 0.3) is 0 Å². The van der Waals surface area contributed by atoms with Crippen LogP contribution in [-0.4, -0.2) is 24.5 Å². The summed E-state index contributed by atoms with van der Waals surface area (Å²) in [6, 6.07) is 0. The van der Waals surface area contributed by atoms with Crippen LogP contribution in [0.3, 0.4) is 0 Å². The zero-order valence-corrected chi connectivity index (χ0v) is 8.39. The molecule has 1 saturated heterocycles. The molecule has 3 heteroatoms. The lowest BCUT2D eigenvalue weighted by Gasteiger charge is -2.31. The Bertz CT molecular complexity index is 229. The van der Waals surface area contributed by atoms with Crippen molar-refractivity contribution >= 4 is 5.91 Å². The van der Waals surface area contributed by atoms with Crippen LogP contribution < -0.4 is 10.6 Å². The van der Waals surface area contributed by atoms with E-state index in [0.29, 0.717) is 5.92 Å². The molecule has 13 heavy (non-hydrogen) atoms. The Balaban J connectivity index is 2.09. The zero-order chi connectivity index (χ0) is 9.47. The van der Waals surface area contributed by atoms with E-state index in [9.17, 15) is 4.79 Å². The highest BCUT2D eigenvalue weighted by Crippen LogP contribution is 2.41. The quantitative estimate of drug-likeness (QED) is 0.620.